The summed E-state index contributed by atoms with van der Waals surface area (Å²) in [5.74, 6) is 1.47. The van der Waals surface area contributed by atoms with Crippen LogP contribution in [0.4, 0.5) is 0 Å². The maximum atomic E-state index is 9.15. The van der Waals surface area contributed by atoms with Crippen molar-refractivity contribution in [3.05, 3.63) is 23.6 Å². The third-order valence-corrected chi connectivity index (χ3v) is 3.37. The lowest BCUT2D eigenvalue weighted by molar-refractivity contribution is 0.252. The summed E-state index contributed by atoms with van der Waals surface area (Å²) in [6, 6.07) is 0. The molecule has 1 heterocycles. The van der Waals surface area contributed by atoms with Gasteiger partial charge in [0.15, 0.2) is 0 Å². The first kappa shape index (κ1) is 11.9. The van der Waals surface area contributed by atoms with E-state index in [1.165, 1.54) is 12.2 Å². The predicted molar refractivity (Wildman–Crippen MR) is 64.3 cm³/mol. The first-order valence-corrected chi connectivity index (χ1v) is 6.26. The zero-order valence-electron chi connectivity index (χ0n) is 9.07. The molecule has 1 aliphatic heterocycles. The monoisotopic (exact) mass is 212 g/mol. The van der Waals surface area contributed by atoms with Gasteiger partial charge in [-0.15, -0.1) is 11.8 Å². The molecule has 0 bridgehead atoms. The fraction of sp³-hybridized carbons (Fsp3) is 0.667. The van der Waals surface area contributed by atoms with E-state index < -0.39 is 0 Å². The first-order valence-electron chi connectivity index (χ1n) is 5.21. The molecule has 1 atom stereocenters. The Morgan fingerprint density at radius 3 is 3.00 bits per heavy atom. The predicted octanol–water partition coefficient (Wildman–Crippen LogP) is 3.22. The number of aliphatic hydroxyl groups excluding tert-OH is 1. The van der Waals surface area contributed by atoms with Crippen molar-refractivity contribution in [2.75, 3.05) is 12.4 Å². The summed E-state index contributed by atoms with van der Waals surface area (Å²) in [4.78, 5) is 0. The van der Waals surface area contributed by atoms with Gasteiger partial charge >= 0.3 is 0 Å². The average molecular weight is 212 g/mol. The number of thioether (sulfide) groups is 1. The van der Waals surface area contributed by atoms with Crippen molar-refractivity contribution in [3.8, 4) is 0 Å². The third kappa shape index (κ3) is 4.34. The SMILES string of the molecule is CC1(C)/C=C/C(CO)C/C=C/SCC1. The number of rotatable bonds is 1. The molecular weight excluding hydrogens is 192 g/mol. The van der Waals surface area contributed by atoms with Gasteiger partial charge in [-0.05, 0) is 29.4 Å². The topological polar surface area (TPSA) is 20.2 Å². The Balaban J connectivity index is 2.64. The van der Waals surface area contributed by atoms with Crippen LogP contribution in [0.1, 0.15) is 26.7 Å². The Hall–Kier alpha value is -0.210. The van der Waals surface area contributed by atoms with Gasteiger partial charge in [-0.1, -0.05) is 32.1 Å². The smallest absolute Gasteiger partial charge is 0.0496 e. The fourth-order valence-corrected chi connectivity index (χ4v) is 2.41. The molecule has 0 saturated heterocycles. The summed E-state index contributed by atoms with van der Waals surface area (Å²) in [7, 11) is 0. The van der Waals surface area contributed by atoms with Crippen LogP contribution < -0.4 is 0 Å². The summed E-state index contributed by atoms with van der Waals surface area (Å²) in [6.07, 6.45) is 8.73. The minimum Gasteiger partial charge on any atom is -0.396 e. The molecule has 0 aromatic heterocycles. The maximum absolute atomic E-state index is 9.15. The second-order valence-electron chi connectivity index (χ2n) is 4.52. The standard InChI is InChI=1S/C12H20OS/c1-12(2)6-5-11(10-13)4-3-8-14-9-7-12/h3,5-6,8,11,13H,4,7,9-10H2,1-2H3/b6-5+,8-3+. The second-order valence-corrected chi connectivity index (χ2v) is 5.53. The molecule has 0 aliphatic carbocycles. The van der Waals surface area contributed by atoms with Gasteiger partial charge in [0.2, 0.25) is 0 Å². The van der Waals surface area contributed by atoms with Crippen molar-refractivity contribution in [1.29, 1.82) is 0 Å². The summed E-state index contributed by atoms with van der Waals surface area (Å²) < 4.78 is 0. The van der Waals surface area contributed by atoms with E-state index >= 15 is 0 Å². The van der Waals surface area contributed by atoms with Crippen LogP contribution in [0.3, 0.4) is 0 Å². The lowest BCUT2D eigenvalue weighted by Gasteiger charge is -2.21. The van der Waals surface area contributed by atoms with Crippen molar-refractivity contribution in [2.24, 2.45) is 11.3 Å². The molecule has 1 unspecified atom stereocenters. The van der Waals surface area contributed by atoms with Gasteiger partial charge in [0.1, 0.15) is 0 Å². The Morgan fingerprint density at radius 1 is 1.50 bits per heavy atom. The van der Waals surface area contributed by atoms with Gasteiger partial charge in [0, 0.05) is 12.5 Å². The van der Waals surface area contributed by atoms with Crippen LogP contribution in [0, 0.1) is 11.3 Å². The van der Waals surface area contributed by atoms with E-state index in [2.05, 4.69) is 37.5 Å². The molecular formula is C12H20OS. The van der Waals surface area contributed by atoms with Gasteiger partial charge in [-0.25, -0.2) is 0 Å². The van der Waals surface area contributed by atoms with E-state index in [0.29, 0.717) is 5.92 Å². The summed E-state index contributed by atoms with van der Waals surface area (Å²) in [5.41, 5.74) is 0.269. The van der Waals surface area contributed by atoms with Gasteiger partial charge in [-0.3, -0.25) is 0 Å². The van der Waals surface area contributed by atoms with Crippen LogP contribution in [-0.2, 0) is 0 Å². The maximum Gasteiger partial charge on any atom is 0.0496 e. The van der Waals surface area contributed by atoms with Crippen molar-refractivity contribution in [1.82, 2.24) is 0 Å². The Morgan fingerprint density at radius 2 is 2.29 bits per heavy atom. The van der Waals surface area contributed by atoms with Crippen LogP contribution in [-0.4, -0.2) is 17.5 Å². The van der Waals surface area contributed by atoms with Crippen LogP contribution >= 0.6 is 11.8 Å². The highest BCUT2D eigenvalue weighted by Crippen LogP contribution is 2.27. The zero-order chi connectivity index (χ0) is 10.4. The first-order chi connectivity index (χ1) is 6.64. The van der Waals surface area contributed by atoms with Gasteiger partial charge < -0.3 is 5.11 Å². The highest BCUT2D eigenvalue weighted by Gasteiger charge is 2.14. The lowest BCUT2D eigenvalue weighted by Crippen LogP contribution is -2.11. The normalized spacial score (nSPS) is 32.1. The van der Waals surface area contributed by atoms with E-state index in [4.69, 9.17) is 5.11 Å². The summed E-state index contributed by atoms with van der Waals surface area (Å²) >= 11 is 1.87. The largest absolute Gasteiger partial charge is 0.396 e. The summed E-state index contributed by atoms with van der Waals surface area (Å²) in [5, 5.41) is 11.3. The molecule has 80 valence electrons. The minimum absolute atomic E-state index is 0.252. The van der Waals surface area contributed by atoms with E-state index in [0.717, 1.165) is 6.42 Å². The molecule has 0 aromatic rings. The van der Waals surface area contributed by atoms with Gasteiger partial charge in [0.25, 0.3) is 0 Å². The quantitative estimate of drug-likeness (QED) is 0.673. The zero-order valence-corrected chi connectivity index (χ0v) is 9.89. The van der Waals surface area contributed by atoms with Crippen molar-refractivity contribution in [3.63, 3.8) is 0 Å². The molecule has 1 nitrogen and oxygen atoms in total. The van der Waals surface area contributed by atoms with Gasteiger partial charge in [-0.2, -0.15) is 0 Å². The highest BCUT2D eigenvalue weighted by atomic mass is 32.2. The van der Waals surface area contributed by atoms with Crippen LogP contribution in [0.2, 0.25) is 0 Å². The molecule has 1 N–H and O–H groups in total. The van der Waals surface area contributed by atoms with Crippen LogP contribution in [0.25, 0.3) is 0 Å². The lowest BCUT2D eigenvalue weighted by atomic mass is 9.88. The molecule has 2 heteroatoms. The minimum atomic E-state index is 0.252. The fourth-order valence-electron chi connectivity index (χ4n) is 1.38. The highest BCUT2D eigenvalue weighted by molar-refractivity contribution is 8.02. The Bertz CT molecular complexity index is 218. The van der Waals surface area contributed by atoms with E-state index in [9.17, 15) is 0 Å². The third-order valence-electron chi connectivity index (χ3n) is 2.55. The molecule has 0 spiro atoms. The molecule has 0 saturated carbocycles. The average Bonchev–Trinajstić information content (AvgIpc) is 2.15. The molecule has 0 amide bonds. The van der Waals surface area contributed by atoms with Crippen molar-refractivity contribution in [2.45, 2.75) is 26.7 Å². The summed E-state index contributed by atoms with van der Waals surface area (Å²) in [6.45, 7) is 4.76. The number of hydrogen-bond donors (Lipinski definition) is 1. The second kappa shape index (κ2) is 5.62. The van der Waals surface area contributed by atoms with E-state index in [1.54, 1.807) is 0 Å². The van der Waals surface area contributed by atoms with Crippen molar-refractivity contribution < 1.29 is 5.11 Å². The molecule has 14 heavy (non-hydrogen) atoms. The van der Waals surface area contributed by atoms with E-state index in [1.807, 2.05) is 11.8 Å². The number of allylic oxidation sites excluding steroid dienone is 2. The Kier molecular flexibility index (Phi) is 4.76. The molecule has 0 aromatic carbocycles. The van der Waals surface area contributed by atoms with Crippen molar-refractivity contribution >= 4 is 11.8 Å². The molecule has 1 aliphatic rings. The van der Waals surface area contributed by atoms with Crippen LogP contribution in [0.15, 0.2) is 23.6 Å². The van der Waals surface area contributed by atoms with Crippen LogP contribution in [0.5, 0.6) is 0 Å². The molecule has 1 rings (SSSR count). The number of aliphatic hydroxyl groups is 1. The molecule has 0 radical (unpaired) electrons. The van der Waals surface area contributed by atoms with Gasteiger partial charge in [0.05, 0.1) is 0 Å². The van der Waals surface area contributed by atoms with E-state index in [-0.39, 0.29) is 12.0 Å². The Labute approximate surface area is 91.3 Å². The molecule has 0 fully saturated rings. The number of hydrogen-bond acceptors (Lipinski definition) is 2.